The fraction of sp³-hybridized carbons (Fsp3) is 0.526. The zero-order chi connectivity index (χ0) is 17.1. The molecule has 1 saturated heterocycles. The molecule has 134 valence electrons. The number of carbonyl (C=O) groups excluding carboxylic acids is 1. The number of fused-ring (bicyclic) bond motifs is 1. The van der Waals surface area contributed by atoms with Crippen LogP contribution in [0.1, 0.15) is 43.9 Å². The predicted molar refractivity (Wildman–Crippen MR) is 103 cm³/mol. The van der Waals surface area contributed by atoms with Gasteiger partial charge in [-0.3, -0.25) is 9.69 Å². The fourth-order valence-corrected chi connectivity index (χ4v) is 5.69. The van der Waals surface area contributed by atoms with Crippen molar-refractivity contribution in [1.82, 2.24) is 10.2 Å². The van der Waals surface area contributed by atoms with Gasteiger partial charge >= 0.3 is 0 Å². The van der Waals surface area contributed by atoms with Crippen molar-refractivity contribution in [2.24, 2.45) is 0 Å². The van der Waals surface area contributed by atoms with Crippen LogP contribution in [-0.4, -0.2) is 43.7 Å². The molecule has 3 heterocycles. The fourth-order valence-electron chi connectivity index (χ4n) is 3.66. The van der Waals surface area contributed by atoms with Crippen LogP contribution >= 0.6 is 22.7 Å². The molecule has 0 saturated carbocycles. The number of nitrogens with zero attached hydrogens (tertiary/aromatic N) is 1. The lowest BCUT2D eigenvalue weighted by molar-refractivity contribution is 0.0169. The van der Waals surface area contributed by atoms with E-state index in [0.717, 1.165) is 44.0 Å². The van der Waals surface area contributed by atoms with Gasteiger partial charge in [-0.25, -0.2) is 0 Å². The SMILES string of the molecule is O=C(NCC(c1cccs1)N1CCOCC1)c1cc2c(s1)CCCC2. The van der Waals surface area contributed by atoms with Crippen LogP contribution in [0.3, 0.4) is 0 Å². The highest BCUT2D eigenvalue weighted by atomic mass is 32.1. The van der Waals surface area contributed by atoms with E-state index < -0.39 is 0 Å². The predicted octanol–water partition coefficient (Wildman–Crippen LogP) is 3.49. The van der Waals surface area contributed by atoms with Gasteiger partial charge in [0.1, 0.15) is 0 Å². The third kappa shape index (κ3) is 3.97. The van der Waals surface area contributed by atoms with E-state index in [1.54, 1.807) is 22.7 Å². The molecular weight excluding hydrogens is 352 g/mol. The lowest BCUT2D eigenvalue weighted by Gasteiger charge is -2.34. The summed E-state index contributed by atoms with van der Waals surface area (Å²) in [6.45, 7) is 4.04. The van der Waals surface area contributed by atoms with Crippen LogP contribution in [0.5, 0.6) is 0 Å². The molecule has 2 aromatic heterocycles. The molecule has 1 atom stereocenters. The molecule has 2 aliphatic rings. The lowest BCUT2D eigenvalue weighted by atomic mass is 9.99. The first kappa shape index (κ1) is 17.2. The number of rotatable bonds is 5. The minimum atomic E-state index is 0.0780. The van der Waals surface area contributed by atoms with E-state index in [1.807, 2.05) is 0 Å². The van der Waals surface area contributed by atoms with Crippen molar-refractivity contribution in [3.05, 3.63) is 43.8 Å². The summed E-state index contributed by atoms with van der Waals surface area (Å²) in [5.74, 6) is 0.0780. The third-order valence-electron chi connectivity index (χ3n) is 5.03. The average Bonchev–Trinajstić information content (AvgIpc) is 3.32. The number of hydrogen-bond acceptors (Lipinski definition) is 5. The number of hydrogen-bond donors (Lipinski definition) is 1. The van der Waals surface area contributed by atoms with Crippen LogP contribution in [-0.2, 0) is 17.6 Å². The van der Waals surface area contributed by atoms with E-state index in [9.17, 15) is 4.79 Å². The highest BCUT2D eigenvalue weighted by Crippen LogP contribution is 2.30. The molecule has 1 amide bonds. The molecule has 1 aliphatic carbocycles. The van der Waals surface area contributed by atoms with Crippen molar-refractivity contribution in [3.63, 3.8) is 0 Å². The van der Waals surface area contributed by atoms with Gasteiger partial charge in [0.15, 0.2) is 0 Å². The summed E-state index contributed by atoms with van der Waals surface area (Å²) in [6.07, 6.45) is 4.78. The summed E-state index contributed by atoms with van der Waals surface area (Å²) in [4.78, 5) is 18.7. The van der Waals surface area contributed by atoms with Crippen molar-refractivity contribution in [2.45, 2.75) is 31.7 Å². The van der Waals surface area contributed by atoms with Gasteiger partial charge in [-0.05, 0) is 48.8 Å². The Balaban J connectivity index is 1.43. The van der Waals surface area contributed by atoms with E-state index in [0.29, 0.717) is 6.54 Å². The first-order chi connectivity index (χ1) is 12.3. The van der Waals surface area contributed by atoms with E-state index in [1.165, 1.54) is 28.2 Å². The topological polar surface area (TPSA) is 41.6 Å². The van der Waals surface area contributed by atoms with Gasteiger partial charge in [0.05, 0.1) is 24.1 Å². The highest BCUT2D eigenvalue weighted by molar-refractivity contribution is 7.14. The van der Waals surface area contributed by atoms with Gasteiger partial charge in [0, 0.05) is 29.4 Å². The maximum absolute atomic E-state index is 12.7. The van der Waals surface area contributed by atoms with Gasteiger partial charge in [0.25, 0.3) is 5.91 Å². The summed E-state index contributed by atoms with van der Waals surface area (Å²) in [5.41, 5.74) is 1.39. The van der Waals surface area contributed by atoms with Crippen molar-refractivity contribution < 1.29 is 9.53 Å². The van der Waals surface area contributed by atoms with Crippen molar-refractivity contribution in [3.8, 4) is 0 Å². The summed E-state index contributed by atoms with van der Waals surface area (Å²) < 4.78 is 5.48. The standard InChI is InChI=1S/C19H24N2O2S2/c22-19(18-12-14-4-1-2-5-16(14)25-18)20-13-15(17-6-3-11-24-17)21-7-9-23-10-8-21/h3,6,11-12,15H,1-2,4-5,7-10,13H2,(H,20,22). The lowest BCUT2D eigenvalue weighted by Crippen LogP contribution is -2.43. The Morgan fingerprint density at radius 2 is 2.12 bits per heavy atom. The van der Waals surface area contributed by atoms with Crippen molar-refractivity contribution in [2.75, 3.05) is 32.8 Å². The summed E-state index contributed by atoms with van der Waals surface area (Å²) in [5, 5.41) is 5.30. The Kier molecular flexibility index (Phi) is 5.51. The molecule has 0 spiro atoms. The Morgan fingerprint density at radius 3 is 2.88 bits per heavy atom. The molecule has 25 heavy (non-hydrogen) atoms. The zero-order valence-electron chi connectivity index (χ0n) is 14.3. The summed E-state index contributed by atoms with van der Waals surface area (Å²) in [6, 6.07) is 6.61. The van der Waals surface area contributed by atoms with Crippen LogP contribution in [0.2, 0.25) is 0 Å². The molecule has 0 bridgehead atoms. The molecule has 4 rings (SSSR count). The largest absolute Gasteiger partial charge is 0.379 e. The van der Waals surface area contributed by atoms with E-state index in [-0.39, 0.29) is 11.9 Å². The summed E-state index contributed by atoms with van der Waals surface area (Å²) >= 11 is 3.45. The van der Waals surface area contributed by atoms with Crippen LogP contribution in [0, 0.1) is 0 Å². The van der Waals surface area contributed by atoms with E-state index in [4.69, 9.17) is 4.74 Å². The molecular formula is C19H24N2O2S2. The van der Waals surface area contributed by atoms with Crippen LogP contribution in [0.15, 0.2) is 23.6 Å². The van der Waals surface area contributed by atoms with Crippen LogP contribution in [0.4, 0.5) is 0 Å². The third-order valence-corrected chi connectivity index (χ3v) is 7.24. The normalized spacial score (nSPS) is 19.4. The highest BCUT2D eigenvalue weighted by Gasteiger charge is 2.25. The van der Waals surface area contributed by atoms with Crippen LogP contribution in [0.25, 0.3) is 0 Å². The van der Waals surface area contributed by atoms with Gasteiger partial charge in [-0.1, -0.05) is 6.07 Å². The Labute approximate surface area is 156 Å². The van der Waals surface area contributed by atoms with E-state index >= 15 is 0 Å². The summed E-state index contributed by atoms with van der Waals surface area (Å²) in [7, 11) is 0. The van der Waals surface area contributed by atoms with Gasteiger partial charge in [0.2, 0.25) is 0 Å². The number of aryl methyl sites for hydroxylation is 2. The molecule has 6 heteroatoms. The molecule has 2 aromatic rings. The zero-order valence-corrected chi connectivity index (χ0v) is 16.0. The molecule has 1 aliphatic heterocycles. The van der Waals surface area contributed by atoms with Crippen LogP contribution < -0.4 is 5.32 Å². The molecule has 1 N–H and O–H groups in total. The first-order valence-electron chi connectivity index (χ1n) is 9.06. The quantitative estimate of drug-likeness (QED) is 0.868. The second-order valence-electron chi connectivity index (χ2n) is 6.66. The molecule has 4 nitrogen and oxygen atoms in total. The maximum atomic E-state index is 12.7. The minimum Gasteiger partial charge on any atom is -0.379 e. The average molecular weight is 377 g/mol. The molecule has 1 fully saturated rings. The number of morpholine rings is 1. The van der Waals surface area contributed by atoms with Gasteiger partial charge in [-0.2, -0.15) is 0 Å². The van der Waals surface area contributed by atoms with Crippen molar-refractivity contribution in [1.29, 1.82) is 0 Å². The smallest absolute Gasteiger partial charge is 0.261 e. The monoisotopic (exact) mass is 376 g/mol. The van der Waals surface area contributed by atoms with Gasteiger partial charge in [-0.15, -0.1) is 22.7 Å². The van der Waals surface area contributed by atoms with Gasteiger partial charge < -0.3 is 10.1 Å². The number of ether oxygens (including phenoxy) is 1. The maximum Gasteiger partial charge on any atom is 0.261 e. The number of thiophene rings is 2. The molecule has 0 aromatic carbocycles. The Hall–Kier alpha value is -1.21. The van der Waals surface area contributed by atoms with E-state index in [2.05, 4.69) is 33.8 Å². The Bertz CT molecular complexity index is 682. The number of amides is 1. The number of nitrogens with one attached hydrogen (secondary N) is 1. The first-order valence-corrected chi connectivity index (χ1v) is 10.8. The molecule has 0 radical (unpaired) electrons. The second kappa shape index (κ2) is 7.99. The Morgan fingerprint density at radius 1 is 1.28 bits per heavy atom. The minimum absolute atomic E-state index is 0.0780. The second-order valence-corrected chi connectivity index (χ2v) is 8.77. The molecule has 1 unspecified atom stereocenters. The van der Waals surface area contributed by atoms with Crippen molar-refractivity contribution >= 4 is 28.6 Å². The number of carbonyl (C=O) groups is 1.